The van der Waals surface area contributed by atoms with Gasteiger partial charge in [-0.15, -0.1) is 11.8 Å². The van der Waals surface area contributed by atoms with Crippen molar-refractivity contribution in [3.63, 3.8) is 0 Å². The van der Waals surface area contributed by atoms with E-state index in [4.69, 9.17) is 10.00 Å². The van der Waals surface area contributed by atoms with Gasteiger partial charge in [-0.1, -0.05) is 0 Å². The van der Waals surface area contributed by atoms with Crippen molar-refractivity contribution in [3.8, 4) is 6.07 Å². The molecule has 23 heavy (non-hydrogen) atoms. The number of carbonyl (C=O) groups excluding carboxylic acids is 1. The Morgan fingerprint density at radius 3 is 2.87 bits per heavy atom. The van der Waals surface area contributed by atoms with Gasteiger partial charge in [0.15, 0.2) is 0 Å². The molecule has 1 atom stereocenters. The number of nitrogens with one attached hydrogen (secondary N) is 1. The number of carbonyl (C=O) groups is 1. The highest BCUT2D eigenvalue weighted by atomic mass is 32.2. The van der Waals surface area contributed by atoms with Gasteiger partial charge in [0.2, 0.25) is 5.91 Å². The molecule has 0 bridgehead atoms. The smallest absolute Gasteiger partial charge is 0.376 e. The Balaban J connectivity index is 1.90. The summed E-state index contributed by atoms with van der Waals surface area (Å²) in [6, 6.07) is 4.95. The zero-order valence-corrected chi connectivity index (χ0v) is 13.0. The fraction of sp³-hybridized carbons (Fsp3) is 0.467. The van der Waals surface area contributed by atoms with Crippen molar-refractivity contribution in [2.24, 2.45) is 0 Å². The highest BCUT2D eigenvalue weighted by molar-refractivity contribution is 8.00. The van der Waals surface area contributed by atoms with Gasteiger partial charge in [-0.2, -0.15) is 18.4 Å². The van der Waals surface area contributed by atoms with Crippen molar-refractivity contribution >= 4 is 17.7 Å². The third-order valence-electron chi connectivity index (χ3n) is 3.34. The van der Waals surface area contributed by atoms with E-state index in [1.165, 1.54) is 12.1 Å². The van der Waals surface area contributed by atoms with Crippen molar-refractivity contribution in [1.29, 1.82) is 5.26 Å². The molecule has 1 aromatic rings. The maximum atomic E-state index is 12.9. The lowest BCUT2D eigenvalue weighted by Crippen LogP contribution is -2.32. The predicted octanol–water partition coefficient (Wildman–Crippen LogP) is 2.96. The van der Waals surface area contributed by atoms with Gasteiger partial charge in [0.25, 0.3) is 0 Å². The number of halogens is 3. The van der Waals surface area contributed by atoms with E-state index in [-0.39, 0.29) is 17.8 Å². The molecule has 4 nitrogen and oxygen atoms in total. The van der Waals surface area contributed by atoms with E-state index in [0.717, 1.165) is 36.7 Å². The van der Waals surface area contributed by atoms with Gasteiger partial charge in [-0.05, 0) is 31.0 Å². The molecule has 2 rings (SSSR count). The molecule has 1 N–H and O–H groups in total. The fourth-order valence-corrected chi connectivity index (χ4v) is 2.94. The highest BCUT2D eigenvalue weighted by Gasteiger charge is 2.33. The minimum atomic E-state index is -4.59. The van der Waals surface area contributed by atoms with E-state index in [0.29, 0.717) is 18.0 Å². The van der Waals surface area contributed by atoms with Crippen LogP contribution in [0.5, 0.6) is 0 Å². The van der Waals surface area contributed by atoms with Crippen LogP contribution in [0.15, 0.2) is 23.1 Å². The average molecular weight is 344 g/mol. The minimum absolute atomic E-state index is 0.00984. The van der Waals surface area contributed by atoms with Gasteiger partial charge in [0.1, 0.15) is 0 Å². The first-order valence-electron chi connectivity index (χ1n) is 7.02. The van der Waals surface area contributed by atoms with Gasteiger partial charge in [0, 0.05) is 18.0 Å². The number of ether oxygens (including phenoxy) is 1. The van der Waals surface area contributed by atoms with Crippen LogP contribution in [0.3, 0.4) is 0 Å². The van der Waals surface area contributed by atoms with Crippen LogP contribution in [0, 0.1) is 11.3 Å². The number of hydrogen-bond donors (Lipinski definition) is 1. The van der Waals surface area contributed by atoms with Crippen LogP contribution in [0.2, 0.25) is 0 Å². The number of amides is 1. The lowest BCUT2D eigenvalue weighted by atomic mass is 10.1. The van der Waals surface area contributed by atoms with E-state index >= 15 is 0 Å². The quantitative estimate of drug-likeness (QED) is 0.834. The summed E-state index contributed by atoms with van der Waals surface area (Å²) in [5, 5.41) is 11.4. The molecule has 0 aliphatic carbocycles. The standard InChI is InChI=1S/C15H15F3N2O2S/c16-15(17,18)13-6-12(4-3-10(13)7-19)23-9-14(21)20-8-11-2-1-5-22-11/h3-4,6,11H,1-2,5,8-9H2,(H,20,21)/t11-/m0/s1. The van der Waals surface area contributed by atoms with E-state index < -0.39 is 17.3 Å². The molecule has 0 aromatic heterocycles. The summed E-state index contributed by atoms with van der Waals surface area (Å²) in [4.78, 5) is 12.0. The van der Waals surface area contributed by atoms with Crippen molar-refractivity contribution < 1.29 is 22.7 Å². The number of rotatable bonds is 5. The topological polar surface area (TPSA) is 62.1 Å². The van der Waals surface area contributed by atoms with Crippen LogP contribution in [-0.2, 0) is 15.7 Å². The second-order valence-corrected chi connectivity index (χ2v) is 6.09. The second-order valence-electron chi connectivity index (χ2n) is 5.04. The summed E-state index contributed by atoms with van der Waals surface area (Å²) < 4.78 is 43.9. The van der Waals surface area contributed by atoms with Crippen LogP contribution < -0.4 is 5.32 Å². The molecular weight excluding hydrogens is 329 g/mol. The molecule has 1 aliphatic heterocycles. The summed E-state index contributed by atoms with van der Waals surface area (Å²) in [6.07, 6.45) is -2.70. The molecule has 1 amide bonds. The molecule has 0 saturated carbocycles. The summed E-state index contributed by atoms with van der Waals surface area (Å²) in [6.45, 7) is 1.11. The van der Waals surface area contributed by atoms with Crippen LogP contribution >= 0.6 is 11.8 Å². The van der Waals surface area contributed by atoms with E-state index in [9.17, 15) is 18.0 Å². The Morgan fingerprint density at radius 2 is 2.26 bits per heavy atom. The van der Waals surface area contributed by atoms with Crippen LogP contribution in [-0.4, -0.2) is 30.9 Å². The molecule has 0 spiro atoms. The Kier molecular flexibility index (Phi) is 5.91. The largest absolute Gasteiger partial charge is 0.417 e. The molecule has 1 fully saturated rings. The maximum Gasteiger partial charge on any atom is 0.417 e. The number of hydrogen-bond acceptors (Lipinski definition) is 4. The fourth-order valence-electron chi connectivity index (χ4n) is 2.18. The van der Waals surface area contributed by atoms with Gasteiger partial charge >= 0.3 is 6.18 Å². The molecule has 8 heteroatoms. The summed E-state index contributed by atoms with van der Waals surface area (Å²) in [7, 11) is 0. The Hall–Kier alpha value is -1.72. The first-order valence-corrected chi connectivity index (χ1v) is 8.01. The normalized spacial score (nSPS) is 17.7. The lowest BCUT2D eigenvalue weighted by molar-refractivity contribution is -0.137. The molecule has 1 saturated heterocycles. The van der Waals surface area contributed by atoms with Crippen LogP contribution in [0.25, 0.3) is 0 Å². The van der Waals surface area contributed by atoms with E-state index in [2.05, 4.69) is 5.32 Å². The lowest BCUT2D eigenvalue weighted by Gasteiger charge is -2.12. The first-order chi connectivity index (χ1) is 10.9. The molecule has 0 unspecified atom stereocenters. The monoisotopic (exact) mass is 344 g/mol. The number of alkyl halides is 3. The predicted molar refractivity (Wildman–Crippen MR) is 78.9 cm³/mol. The SMILES string of the molecule is N#Cc1ccc(SCC(=O)NC[C@@H]2CCCO2)cc1C(F)(F)F. The number of thioether (sulfide) groups is 1. The minimum Gasteiger partial charge on any atom is -0.376 e. The van der Waals surface area contributed by atoms with Crippen molar-refractivity contribution in [1.82, 2.24) is 5.32 Å². The third kappa shape index (κ3) is 5.15. The van der Waals surface area contributed by atoms with Gasteiger partial charge in [-0.25, -0.2) is 0 Å². The van der Waals surface area contributed by atoms with Gasteiger partial charge < -0.3 is 10.1 Å². The Labute approximate surface area is 136 Å². The molecule has 1 aliphatic rings. The summed E-state index contributed by atoms with van der Waals surface area (Å²) in [5.74, 6) is -0.251. The molecule has 124 valence electrons. The van der Waals surface area contributed by atoms with Gasteiger partial charge in [-0.3, -0.25) is 4.79 Å². The van der Waals surface area contributed by atoms with Crippen molar-refractivity contribution in [3.05, 3.63) is 29.3 Å². The Morgan fingerprint density at radius 1 is 1.48 bits per heavy atom. The van der Waals surface area contributed by atoms with Crippen LogP contribution in [0.4, 0.5) is 13.2 Å². The Bertz CT molecular complexity index is 608. The van der Waals surface area contributed by atoms with Gasteiger partial charge in [0.05, 0.1) is 29.1 Å². The third-order valence-corrected chi connectivity index (χ3v) is 4.33. The number of benzene rings is 1. The van der Waals surface area contributed by atoms with Crippen LogP contribution in [0.1, 0.15) is 24.0 Å². The summed E-state index contributed by atoms with van der Waals surface area (Å²) in [5.41, 5.74) is -1.41. The molecule has 0 radical (unpaired) electrons. The average Bonchev–Trinajstić information content (AvgIpc) is 3.03. The van der Waals surface area contributed by atoms with E-state index in [1.54, 1.807) is 0 Å². The maximum absolute atomic E-state index is 12.9. The zero-order valence-electron chi connectivity index (χ0n) is 12.2. The zero-order chi connectivity index (χ0) is 16.9. The highest BCUT2D eigenvalue weighted by Crippen LogP contribution is 2.34. The first kappa shape index (κ1) is 17.6. The molecular formula is C15H15F3N2O2S. The summed E-state index contributed by atoms with van der Waals surface area (Å²) >= 11 is 0.998. The molecule has 1 heterocycles. The van der Waals surface area contributed by atoms with E-state index in [1.807, 2.05) is 0 Å². The van der Waals surface area contributed by atoms with Crippen molar-refractivity contribution in [2.45, 2.75) is 30.0 Å². The second kappa shape index (κ2) is 7.70. The van der Waals surface area contributed by atoms with Crippen molar-refractivity contribution in [2.75, 3.05) is 18.9 Å². The number of nitrogens with zero attached hydrogens (tertiary/aromatic N) is 1. The molecule has 1 aromatic carbocycles. The number of nitriles is 1.